The van der Waals surface area contributed by atoms with Crippen LogP contribution in [-0.4, -0.2) is 46.7 Å². The lowest BCUT2D eigenvalue weighted by atomic mass is 9.87. The zero-order valence-corrected chi connectivity index (χ0v) is 13.4. The fourth-order valence-corrected chi connectivity index (χ4v) is 3.31. The molecular weight excluding hydrogens is 268 g/mol. The van der Waals surface area contributed by atoms with E-state index in [0.29, 0.717) is 18.9 Å². The standard InChI is InChI=1S/C16H26N2O3/c1-16(2,3)11-12-5-4-9-17(12)15(21)8-10-18-13(19)6-7-14(18)20/h12H,4-11H2,1-3H3/t12-/m1/s1. The fourth-order valence-electron chi connectivity index (χ4n) is 3.31. The van der Waals surface area contributed by atoms with Crippen LogP contribution in [0, 0.1) is 5.41 Å². The van der Waals surface area contributed by atoms with Gasteiger partial charge < -0.3 is 4.90 Å². The Balaban J connectivity index is 1.87. The molecule has 21 heavy (non-hydrogen) atoms. The largest absolute Gasteiger partial charge is 0.340 e. The molecule has 2 rings (SSSR count). The minimum absolute atomic E-state index is 0.0780. The van der Waals surface area contributed by atoms with Gasteiger partial charge in [0.05, 0.1) is 0 Å². The molecule has 3 amide bonds. The van der Waals surface area contributed by atoms with Gasteiger partial charge in [-0.1, -0.05) is 20.8 Å². The molecule has 118 valence electrons. The summed E-state index contributed by atoms with van der Waals surface area (Å²) in [6, 6.07) is 0.308. The Morgan fingerprint density at radius 2 is 1.81 bits per heavy atom. The van der Waals surface area contributed by atoms with E-state index in [9.17, 15) is 14.4 Å². The van der Waals surface area contributed by atoms with Crippen LogP contribution in [0.2, 0.25) is 0 Å². The lowest BCUT2D eigenvalue weighted by molar-refractivity contribution is -0.139. The summed E-state index contributed by atoms with van der Waals surface area (Å²) < 4.78 is 0. The first-order chi connectivity index (χ1) is 9.78. The molecule has 0 aromatic carbocycles. The van der Waals surface area contributed by atoms with Crippen molar-refractivity contribution in [2.45, 2.75) is 65.3 Å². The van der Waals surface area contributed by atoms with Crippen LogP contribution in [0.4, 0.5) is 0 Å². The summed E-state index contributed by atoms with van der Waals surface area (Å²) in [6.07, 6.45) is 3.96. The van der Waals surface area contributed by atoms with Crippen LogP contribution < -0.4 is 0 Å². The zero-order valence-electron chi connectivity index (χ0n) is 13.4. The van der Waals surface area contributed by atoms with Crippen molar-refractivity contribution in [1.29, 1.82) is 0 Å². The third kappa shape index (κ3) is 4.05. The van der Waals surface area contributed by atoms with Crippen LogP contribution in [0.1, 0.15) is 59.3 Å². The van der Waals surface area contributed by atoms with Gasteiger partial charge in [0.1, 0.15) is 0 Å². The molecule has 0 aliphatic carbocycles. The van der Waals surface area contributed by atoms with Gasteiger partial charge in [-0.25, -0.2) is 0 Å². The first kappa shape index (κ1) is 16.0. The van der Waals surface area contributed by atoms with Crippen LogP contribution >= 0.6 is 0 Å². The molecule has 0 radical (unpaired) electrons. The van der Waals surface area contributed by atoms with Gasteiger partial charge in [0.15, 0.2) is 0 Å². The van der Waals surface area contributed by atoms with Crippen molar-refractivity contribution in [3.8, 4) is 0 Å². The number of imide groups is 1. The van der Waals surface area contributed by atoms with E-state index in [4.69, 9.17) is 0 Å². The molecule has 0 N–H and O–H groups in total. The van der Waals surface area contributed by atoms with Gasteiger partial charge in [-0.05, 0) is 24.7 Å². The van der Waals surface area contributed by atoms with E-state index in [0.717, 1.165) is 25.8 Å². The summed E-state index contributed by atoms with van der Waals surface area (Å²) in [5.74, 6) is -0.199. The molecule has 2 fully saturated rings. The Bertz CT molecular complexity index is 423. The van der Waals surface area contributed by atoms with Gasteiger partial charge in [0.2, 0.25) is 17.7 Å². The normalized spacial score (nSPS) is 23.3. The zero-order chi connectivity index (χ0) is 15.6. The predicted octanol–water partition coefficient (Wildman–Crippen LogP) is 1.95. The Morgan fingerprint density at radius 1 is 1.19 bits per heavy atom. The Kier molecular flexibility index (Phi) is 4.69. The lowest BCUT2D eigenvalue weighted by Crippen LogP contribution is -2.40. The molecule has 2 aliphatic heterocycles. The predicted molar refractivity (Wildman–Crippen MR) is 79.4 cm³/mol. The van der Waals surface area contributed by atoms with Crippen LogP contribution in [0.5, 0.6) is 0 Å². The molecular formula is C16H26N2O3. The maximum absolute atomic E-state index is 12.4. The summed E-state index contributed by atoms with van der Waals surface area (Å²) in [5.41, 5.74) is 0.203. The molecule has 2 aliphatic rings. The third-order valence-corrected chi connectivity index (χ3v) is 4.25. The van der Waals surface area contributed by atoms with Crippen molar-refractivity contribution in [3.63, 3.8) is 0 Å². The highest BCUT2D eigenvalue weighted by molar-refractivity contribution is 6.02. The highest BCUT2D eigenvalue weighted by atomic mass is 16.2. The van der Waals surface area contributed by atoms with Crippen molar-refractivity contribution >= 4 is 17.7 Å². The molecule has 1 atom stereocenters. The molecule has 2 heterocycles. The van der Waals surface area contributed by atoms with Crippen molar-refractivity contribution in [2.75, 3.05) is 13.1 Å². The fraction of sp³-hybridized carbons (Fsp3) is 0.812. The monoisotopic (exact) mass is 294 g/mol. The Morgan fingerprint density at radius 3 is 2.38 bits per heavy atom. The first-order valence-corrected chi connectivity index (χ1v) is 7.90. The van der Waals surface area contributed by atoms with Gasteiger partial charge in [0, 0.05) is 38.4 Å². The minimum atomic E-state index is -0.138. The second-order valence-electron chi connectivity index (χ2n) is 7.34. The molecule has 0 aromatic heterocycles. The minimum Gasteiger partial charge on any atom is -0.340 e. The average Bonchev–Trinajstić information content (AvgIpc) is 2.93. The van der Waals surface area contributed by atoms with Crippen LogP contribution in [0.15, 0.2) is 0 Å². The van der Waals surface area contributed by atoms with Crippen LogP contribution in [0.25, 0.3) is 0 Å². The number of amides is 3. The quantitative estimate of drug-likeness (QED) is 0.745. The van der Waals surface area contributed by atoms with E-state index in [1.807, 2.05) is 4.90 Å². The molecule has 0 saturated carbocycles. The summed E-state index contributed by atoms with van der Waals surface area (Å²) in [7, 11) is 0. The van der Waals surface area contributed by atoms with E-state index in [2.05, 4.69) is 20.8 Å². The number of carbonyl (C=O) groups is 3. The van der Waals surface area contributed by atoms with Gasteiger partial charge >= 0.3 is 0 Å². The van der Waals surface area contributed by atoms with E-state index >= 15 is 0 Å². The van der Waals surface area contributed by atoms with Gasteiger partial charge in [-0.15, -0.1) is 0 Å². The summed E-state index contributed by atoms with van der Waals surface area (Å²) in [4.78, 5) is 38.7. The first-order valence-electron chi connectivity index (χ1n) is 7.90. The maximum Gasteiger partial charge on any atom is 0.229 e. The SMILES string of the molecule is CC(C)(C)C[C@H]1CCCN1C(=O)CCN1C(=O)CCC1=O. The number of likely N-dealkylation sites (tertiary alicyclic amines) is 2. The van der Waals surface area contributed by atoms with E-state index in [1.165, 1.54) is 4.90 Å². The smallest absolute Gasteiger partial charge is 0.229 e. The maximum atomic E-state index is 12.4. The number of rotatable bonds is 4. The Labute approximate surface area is 126 Å². The van der Waals surface area contributed by atoms with Crippen molar-refractivity contribution in [1.82, 2.24) is 9.80 Å². The second-order valence-corrected chi connectivity index (χ2v) is 7.34. The van der Waals surface area contributed by atoms with E-state index in [-0.39, 0.29) is 36.1 Å². The van der Waals surface area contributed by atoms with Gasteiger partial charge in [-0.2, -0.15) is 0 Å². The lowest BCUT2D eigenvalue weighted by Gasteiger charge is -2.30. The molecule has 0 aromatic rings. The van der Waals surface area contributed by atoms with Crippen molar-refractivity contribution in [3.05, 3.63) is 0 Å². The Hall–Kier alpha value is -1.39. The molecule has 0 bridgehead atoms. The average molecular weight is 294 g/mol. The molecule has 0 spiro atoms. The van der Waals surface area contributed by atoms with E-state index < -0.39 is 0 Å². The topological polar surface area (TPSA) is 57.7 Å². The molecule has 2 saturated heterocycles. The van der Waals surface area contributed by atoms with Gasteiger partial charge in [0.25, 0.3) is 0 Å². The number of nitrogens with zero attached hydrogens (tertiary/aromatic N) is 2. The van der Waals surface area contributed by atoms with Gasteiger partial charge in [-0.3, -0.25) is 19.3 Å². The molecule has 0 unspecified atom stereocenters. The number of hydrogen-bond acceptors (Lipinski definition) is 3. The van der Waals surface area contributed by atoms with Crippen LogP contribution in [0.3, 0.4) is 0 Å². The van der Waals surface area contributed by atoms with Crippen molar-refractivity contribution < 1.29 is 14.4 Å². The molecule has 5 nitrogen and oxygen atoms in total. The second kappa shape index (κ2) is 6.16. The third-order valence-electron chi connectivity index (χ3n) is 4.25. The van der Waals surface area contributed by atoms with Crippen molar-refractivity contribution in [2.24, 2.45) is 5.41 Å². The highest BCUT2D eigenvalue weighted by Crippen LogP contribution is 2.30. The van der Waals surface area contributed by atoms with E-state index in [1.54, 1.807) is 0 Å². The summed E-state index contributed by atoms with van der Waals surface area (Å²) in [6.45, 7) is 7.62. The van der Waals surface area contributed by atoms with Crippen LogP contribution in [-0.2, 0) is 14.4 Å². The number of carbonyl (C=O) groups excluding carboxylic acids is 3. The summed E-state index contributed by atoms with van der Waals surface area (Å²) in [5, 5.41) is 0. The molecule has 5 heteroatoms. The number of hydrogen-bond donors (Lipinski definition) is 0. The highest BCUT2D eigenvalue weighted by Gasteiger charge is 2.33. The summed E-state index contributed by atoms with van der Waals surface area (Å²) >= 11 is 0.